The summed E-state index contributed by atoms with van der Waals surface area (Å²) in [6.45, 7) is 3.15. The molecule has 0 fully saturated rings. The number of hydrogen-bond acceptors (Lipinski definition) is 3. The molecular formula is C15H21ClN4. The number of nitrogens with zero attached hydrogens (tertiary/aromatic N) is 3. The largest absolute Gasteiger partial charge is 0.310 e. The maximum Gasteiger partial charge on any atom is 0.0637 e. The maximum atomic E-state index is 6.27. The highest BCUT2D eigenvalue weighted by Crippen LogP contribution is 2.25. The molecule has 0 aliphatic rings. The van der Waals surface area contributed by atoms with Gasteiger partial charge in [-0.15, -0.1) is 0 Å². The van der Waals surface area contributed by atoms with Crippen molar-refractivity contribution in [2.75, 3.05) is 6.54 Å². The van der Waals surface area contributed by atoms with E-state index in [9.17, 15) is 0 Å². The highest BCUT2D eigenvalue weighted by molar-refractivity contribution is 6.31. The monoisotopic (exact) mass is 292 g/mol. The van der Waals surface area contributed by atoms with E-state index in [0.29, 0.717) is 0 Å². The van der Waals surface area contributed by atoms with Crippen molar-refractivity contribution in [1.82, 2.24) is 20.1 Å². The van der Waals surface area contributed by atoms with Gasteiger partial charge in [-0.2, -0.15) is 5.10 Å². The fourth-order valence-corrected chi connectivity index (χ4v) is 2.54. The highest BCUT2D eigenvalue weighted by Gasteiger charge is 2.14. The van der Waals surface area contributed by atoms with E-state index in [2.05, 4.69) is 28.4 Å². The van der Waals surface area contributed by atoms with Crippen LogP contribution in [0.3, 0.4) is 0 Å². The summed E-state index contributed by atoms with van der Waals surface area (Å²) in [6.07, 6.45) is 8.40. The molecule has 0 radical (unpaired) electrons. The number of hydrogen-bond donors (Lipinski definition) is 1. The van der Waals surface area contributed by atoms with Crippen LogP contribution >= 0.6 is 11.6 Å². The molecule has 2 aromatic rings. The number of aryl methyl sites for hydroxylation is 2. The summed E-state index contributed by atoms with van der Waals surface area (Å²) in [7, 11) is 1.98. The van der Waals surface area contributed by atoms with Crippen molar-refractivity contribution in [2.24, 2.45) is 7.05 Å². The molecule has 0 aliphatic carbocycles. The predicted molar refractivity (Wildman–Crippen MR) is 81.8 cm³/mol. The fraction of sp³-hybridized carbons (Fsp3) is 0.467. The predicted octanol–water partition coefficient (Wildman–Crippen LogP) is 3.14. The third-order valence-electron chi connectivity index (χ3n) is 3.43. The highest BCUT2D eigenvalue weighted by atomic mass is 35.5. The lowest BCUT2D eigenvalue weighted by Crippen LogP contribution is -2.23. The summed E-state index contributed by atoms with van der Waals surface area (Å²) in [4.78, 5) is 4.06. The van der Waals surface area contributed by atoms with Gasteiger partial charge in [0.15, 0.2) is 0 Å². The van der Waals surface area contributed by atoms with Crippen LogP contribution in [0, 0.1) is 0 Å². The molecular weight excluding hydrogens is 272 g/mol. The molecule has 1 unspecified atom stereocenters. The van der Waals surface area contributed by atoms with Crippen LogP contribution in [0.4, 0.5) is 0 Å². The van der Waals surface area contributed by atoms with Crippen molar-refractivity contribution in [3.05, 3.63) is 47.0 Å². The summed E-state index contributed by atoms with van der Waals surface area (Å²) in [5, 5.41) is 8.50. The second kappa shape index (κ2) is 7.41. The zero-order chi connectivity index (χ0) is 14.4. The summed E-state index contributed by atoms with van der Waals surface area (Å²) in [5.74, 6) is 0. The molecule has 0 amide bonds. The average molecular weight is 293 g/mol. The van der Waals surface area contributed by atoms with Crippen molar-refractivity contribution in [1.29, 1.82) is 0 Å². The quantitative estimate of drug-likeness (QED) is 0.852. The van der Waals surface area contributed by atoms with Crippen LogP contribution in [0.1, 0.15) is 37.1 Å². The van der Waals surface area contributed by atoms with Gasteiger partial charge in [0.25, 0.3) is 0 Å². The Morgan fingerprint density at radius 1 is 1.35 bits per heavy atom. The first kappa shape index (κ1) is 15.0. The van der Waals surface area contributed by atoms with Crippen molar-refractivity contribution in [3.63, 3.8) is 0 Å². The van der Waals surface area contributed by atoms with Gasteiger partial charge in [-0.05, 0) is 43.5 Å². The van der Waals surface area contributed by atoms with Crippen LogP contribution in [-0.4, -0.2) is 21.3 Å². The normalized spacial score (nSPS) is 12.6. The Morgan fingerprint density at radius 3 is 2.85 bits per heavy atom. The first-order chi connectivity index (χ1) is 9.72. The van der Waals surface area contributed by atoms with Crippen molar-refractivity contribution < 1.29 is 0 Å². The molecule has 2 rings (SSSR count). The SMILES string of the molecule is CCCNC(CCc1ccnn1C)c1ccncc1Cl. The fourth-order valence-electron chi connectivity index (χ4n) is 2.29. The van der Waals surface area contributed by atoms with Gasteiger partial charge in [0, 0.05) is 37.4 Å². The van der Waals surface area contributed by atoms with Crippen LogP contribution < -0.4 is 5.32 Å². The molecule has 0 bridgehead atoms. The Bertz CT molecular complexity index is 538. The Hall–Kier alpha value is -1.39. The van der Waals surface area contributed by atoms with Gasteiger partial charge in [-0.25, -0.2) is 0 Å². The molecule has 2 heterocycles. The molecule has 5 heteroatoms. The number of pyridine rings is 1. The van der Waals surface area contributed by atoms with Gasteiger partial charge in [-0.1, -0.05) is 18.5 Å². The van der Waals surface area contributed by atoms with Crippen LogP contribution in [0.2, 0.25) is 5.02 Å². The van der Waals surface area contributed by atoms with Crippen molar-refractivity contribution in [2.45, 2.75) is 32.2 Å². The van der Waals surface area contributed by atoms with Crippen molar-refractivity contribution in [3.8, 4) is 0 Å². The van der Waals surface area contributed by atoms with Crippen molar-refractivity contribution >= 4 is 11.6 Å². The minimum atomic E-state index is 0.250. The summed E-state index contributed by atoms with van der Waals surface area (Å²) >= 11 is 6.27. The number of rotatable bonds is 7. The molecule has 20 heavy (non-hydrogen) atoms. The van der Waals surface area contributed by atoms with Gasteiger partial charge < -0.3 is 5.32 Å². The Kier molecular flexibility index (Phi) is 5.56. The van der Waals surface area contributed by atoms with E-state index >= 15 is 0 Å². The number of halogens is 1. The summed E-state index contributed by atoms with van der Waals surface area (Å²) < 4.78 is 1.92. The second-order valence-corrected chi connectivity index (χ2v) is 5.30. The van der Waals surface area contributed by atoms with E-state index < -0.39 is 0 Å². The molecule has 0 saturated heterocycles. The number of aromatic nitrogens is 3. The van der Waals surface area contributed by atoms with Crippen LogP contribution in [0.25, 0.3) is 0 Å². The van der Waals surface area contributed by atoms with E-state index in [-0.39, 0.29) is 6.04 Å². The Balaban J connectivity index is 2.08. The maximum absolute atomic E-state index is 6.27. The molecule has 0 spiro atoms. The van der Waals surface area contributed by atoms with Gasteiger partial charge in [-0.3, -0.25) is 9.67 Å². The molecule has 108 valence electrons. The smallest absolute Gasteiger partial charge is 0.0637 e. The summed E-state index contributed by atoms with van der Waals surface area (Å²) in [5.41, 5.74) is 2.36. The molecule has 1 atom stereocenters. The minimum absolute atomic E-state index is 0.250. The van der Waals surface area contributed by atoms with E-state index in [1.54, 1.807) is 12.4 Å². The van der Waals surface area contributed by atoms with Gasteiger partial charge >= 0.3 is 0 Å². The Morgan fingerprint density at radius 2 is 2.20 bits per heavy atom. The summed E-state index contributed by atoms with van der Waals surface area (Å²) in [6, 6.07) is 4.31. The first-order valence-electron chi connectivity index (χ1n) is 7.02. The van der Waals surface area contributed by atoms with E-state index in [4.69, 9.17) is 11.6 Å². The van der Waals surface area contributed by atoms with Crippen LogP contribution in [0.15, 0.2) is 30.7 Å². The van der Waals surface area contributed by atoms with Gasteiger partial charge in [0.1, 0.15) is 0 Å². The van der Waals surface area contributed by atoms with E-state index in [0.717, 1.165) is 36.4 Å². The van der Waals surface area contributed by atoms with Gasteiger partial charge in [0.05, 0.1) is 5.02 Å². The zero-order valence-electron chi connectivity index (χ0n) is 12.0. The van der Waals surface area contributed by atoms with Crippen LogP contribution in [-0.2, 0) is 13.5 Å². The first-order valence-corrected chi connectivity index (χ1v) is 7.39. The molecule has 2 aromatic heterocycles. The third-order valence-corrected chi connectivity index (χ3v) is 3.75. The zero-order valence-corrected chi connectivity index (χ0v) is 12.8. The topological polar surface area (TPSA) is 42.7 Å². The number of nitrogens with one attached hydrogen (secondary N) is 1. The second-order valence-electron chi connectivity index (χ2n) is 4.89. The lowest BCUT2D eigenvalue weighted by Gasteiger charge is -2.20. The van der Waals surface area contributed by atoms with E-state index in [1.165, 1.54) is 5.69 Å². The molecule has 0 saturated carbocycles. The van der Waals surface area contributed by atoms with Gasteiger partial charge in [0.2, 0.25) is 0 Å². The minimum Gasteiger partial charge on any atom is -0.310 e. The third kappa shape index (κ3) is 3.81. The molecule has 4 nitrogen and oxygen atoms in total. The average Bonchev–Trinajstić information content (AvgIpc) is 2.86. The Labute approximate surface area is 125 Å². The molecule has 1 N–H and O–H groups in total. The molecule has 0 aromatic carbocycles. The molecule has 0 aliphatic heterocycles. The van der Waals surface area contributed by atoms with Crippen LogP contribution in [0.5, 0.6) is 0 Å². The lowest BCUT2D eigenvalue weighted by molar-refractivity contribution is 0.491. The lowest BCUT2D eigenvalue weighted by atomic mass is 10.0. The van der Waals surface area contributed by atoms with E-state index in [1.807, 2.05) is 24.0 Å². The standard InChI is InChI=1S/C15H21ClN4/c1-3-8-18-15(13-7-9-17-11-14(13)16)5-4-12-6-10-19-20(12)2/h6-7,9-11,15,18H,3-5,8H2,1-2H3.